The summed E-state index contributed by atoms with van der Waals surface area (Å²) in [4.78, 5) is 3.11. The number of nitrogens with zero attached hydrogens (tertiary/aromatic N) is 1. The van der Waals surface area contributed by atoms with Gasteiger partial charge >= 0.3 is 0 Å². The average molecular weight is 174 g/mol. The maximum atomic E-state index is 8.44. The zero-order valence-corrected chi connectivity index (χ0v) is 7.28. The molecule has 1 heterocycles. The Morgan fingerprint density at radius 1 is 1.46 bits per heavy atom. The number of aromatic nitrogens is 1. The molecule has 0 saturated carbocycles. The van der Waals surface area contributed by atoms with Crippen LogP contribution < -0.4 is 0 Å². The van der Waals surface area contributed by atoms with Crippen LogP contribution in [0.1, 0.15) is 11.1 Å². The van der Waals surface area contributed by atoms with Crippen molar-refractivity contribution in [3.05, 3.63) is 35.5 Å². The molecule has 1 aromatic carbocycles. The Kier molecular flexibility index (Phi) is 1.77. The zero-order chi connectivity index (χ0) is 9.26. The van der Waals surface area contributed by atoms with Crippen molar-refractivity contribution in [2.75, 3.05) is 0 Å². The topological polar surface area (TPSA) is 48.4 Å². The molecule has 0 atom stereocenters. The number of aryl methyl sites for hydroxylation is 1. The second kappa shape index (κ2) is 2.94. The molecule has 0 aliphatic rings. The van der Waals surface area contributed by atoms with Gasteiger partial charge in [-0.3, -0.25) is 0 Å². The Labute approximate surface area is 75.7 Å². The van der Waals surface area contributed by atoms with Crippen molar-refractivity contribution in [2.45, 2.75) is 6.92 Å². The zero-order valence-electron chi connectivity index (χ0n) is 7.28. The number of hydrogen-bond donors (Lipinski definition) is 2. The molecule has 3 heteroatoms. The number of oxime groups is 1. The van der Waals surface area contributed by atoms with Crippen LogP contribution in [0.2, 0.25) is 0 Å². The lowest BCUT2D eigenvalue weighted by atomic mass is 10.1. The van der Waals surface area contributed by atoms with Crippen LogP contribution in [0.25, 0.3) is 10.9 Å². The van der Waals surface area contributed by atoms with Crippen molar-refractivity contribution in [3.63, 3.8) is 0 Å². The standard InChI is InChI=1S/C10H10N2O/c1-7-3-2-4-9-10(7)8(5-11-9)6-12-13/h2-6,11,13H,1H3. The minimum atomic E-state index is 0.913. The molecule has 0 unspecified atom stereocenters. The first kappa shape index (κ1) is 7.86. The van der Waals surface area contributed by atoms with Gasteiger partial charge in [-0.25, -0.2) is 0 Å². The smallest absolute Gasteiger partial charge is 0.0755 e. The van der Waals surface area contributed by atoms with E-state index in [2.05, 4.69) is 10.1 Å². The van der Waals surface area contributed by atoms with Crippen molar-refractivity contribution in [2.24, 2.45) is 5.16 Å². The molecule has 0 saturated heterocycles. The molecule has 66 valence electrons. The lowest BCUT2D eigenvalue weighted by Gasteiger charge is -1.95. The molecular weight excluding hydrogens is 164 g/mol. The van der Waals surface area contributed by atoms with Gasteiger partial charge in [0.05, 0.1) is 6.21 Å². The summed E-state index contributed by atoms with van der Waals surface area (Å²) in [5.41, 5.74) is 3.15. The van der Waals surface area contributed by atoms with Crippen molar-refractivity contribution < 1.29 is 5.21 Å². The fourth-order valence-corrected chi connectivity index (χ4v) is 1.56. The van der Waals surface area contributed by atoms with E-state index < -0.39 is 0 Å². The highest BCUT2D eigenvalue weighted by molar-refractivity contribution is 6.00. The average Bonchev–Trinajstić information content (AvgIpc) is 2.51. The van der Waals surface area contributed by atoms with Crippen LogP contribution in [0, 0.1) is 6.92 Å². The lowest BCUT2D eigenvalue weighted by Crippen LogP contribution is -1.80. The van der Waals surface area contributed by atoms with Gasteiger partial charge < -0.3 is 10.2 Å². The van der Waals surface area contributed by atoms with Gasteiger partial charge in [-0.2, -0.15) is 0 Å². The molecule has 0 aliphatic heterocycles. The summed E-state index contributed by atoms with van der Waals surface area (Å²) in [6.07, 6.45) is 3.27. The van der Waals surface area contributed by atoms with Crippen LogP contribution >= 0.6 is 0 Å². The van der Waals surface area contributed by atoms with Crippen LogP contribution in [0.4, 0.5) is 0 Å². The Morgan fingerprint density at radius 3 is 3.08 bits per heavy atom. The fraction of sp³-hybridized carbons (Fsp3) is 0.100. The molecule has 0 aliphatic carbocycles. The Hall–Kier alpha value is -1.77. The molecule has 1 aromatic heterocycles. The van der Waals surface area contributed by atoms with E-state index in [-0.39, 0.29) is 0 Å². The molecule has 2 rings (SSSR count). The van der Waals surface area contributed by atoms with Crippen LogP contribution in [0.5, 0.6) is 0 Å². The summed E-state index contributed by atoms with van der Waals surface area (Å²) in [5.74, 6) is 0. The highest BCUT2D eigenvalue weighted by Gasteiger charge is 2.02. The Balaban J connectivity index is 2.78. The Bertz CT molecular complexity index is 457. The van der Waals surface area contributed by atoms with Gasteiger partial charge in [0.25, 0.3) is 0 Å². The molecule has 2 N–H and O–H groups in total. The SMILES string of the molecule is Cc1cccc2[nH]cc(C=NO)c12. The van der Waals surface area contributed by atoms with E-state index >= 15 is 0 Å². The number of rotatable bonds is 1. The third-order valence-electron chi connectivity index (χ3n) is 2.14. The van der Waals surface area contributed by atoms with Gasteiger partial charge in [-0.05, 0) is 18.6 Å². The molecule has 13 heavy (non-hydrogen) atoms. The van der Waals surface area contributed by atoms with Crippen molar-refractivity contribution in [1.29, 1.82) is 0 Å². The minimum Gasteiger partial charge on any atom is -0.411 e. The third kappa shape index (κ3) is 1.18. The number of hydrogen-bond acceptors (Lipinski definition) is 2. The molecule has 2 aromatic rings. The van der Waals surface area contributed by atoms with E-state index in [0.717, 1.165) is 16.5 Å². The summed E-state index contributed by atoms with van der Waals surface area (Å²) < 4.78 is 0. The quantitative estimate of drug-likeness (QED) is 0.389. The molecule has 0 spiro atoms. The fourth-order valence-electron chi connectivity index (χ4n) is 1.56. The van der Waals surface area contributed by atoms with Gasteiger partial charge in [0, 0.05) is 22.7 Å². The third-order valence-corrected chi connectivity index (χ3v) is 2.14. The summed E-state index contributed by atoms with van der Waals surface area (Å²) in [6.45, 7) is 2.03. The molecule has 0 radical (unpaired) electrons. The largest absolute Gasteiger partial charge is 0.411 e. The molecule has 3 nitrogen and oxygen atoms in total. The van der Waals surface area contributed by atoms with E-state index in [1.807, 2.05) is 31.3 Å². The highest BCUT2D eigenvalue weighted by Crippen LogP contribution is 2.20. The predicted octanol–water partition coefficient (Wildman–Crippen LogP) is 2.28. The van der Waals surface area contributed by atoms with Crippen molar-refractivity contribution in [3.8, 4) is 0 Å². The van der Waals surface area contributed by atoms with E-state index in [1.54, 1.807) is 0 Å². The first-order valence-corrected chi connectivity index (χ1v) is 4.07. The van der Waals surface area contributed by atoms with Crippen molar-refractivity contribution in [1.82, 2.24) is 4.98 Å². The minimum absolute atomic E-state index is 0.913. The number of H-pyrrole nitrogens is 1. The first-order valence-electron chi connectivity index (χ1n) is 4.07. The van der Waals surface area contributed by atoms with Gasteiger partial charge in [0.1, 0.15) is 0 Å². The van der Waals surface area contributed by atoms with E-state index in [9.17, 15) is 0 Å². The second-order valence-electron chi connectivity index (χ2n) is 2.99. The van der Waals surface area contributed by atoms with E-state index in [1.165, 1.54) is 11.8 Å². The number of fused-ring (bicyclic) bond motifs is 1. The van der Waals surface area contributed by atoms with Crippen LogP contribution in [-0.4, -0.2) is 16.4 Å². The summed E-state index contributed by atoms with van der Waals surface area (Å²) >= 11 is 0. The summed E-state index contributed by atoms with van der Waals surface area (Å²) in [6, 6.07) is 6.02. The molecule has 0 bridgehead atoms. The van der Waals surface area contributed by atoms with Gasteiger partial charge in [0.15, 0.2) is 0 Å². The molecule has 0 fully saturated rings. The van der Waals surface area contributed by atoms with Crippen molar-refractivity contribution >= 4 is 17.1 Å². The van der Waals surface area contributed by atoms with Crippen LogP contribution in [0.15, 0.2) is 29.6 Å². The van der Waals surface area contributed by atoms with Crippen LogP contribution in [0.3, 0.4) is 0 Å². The lowest BCUT2D eigenvalue weighted by molar-refractivity contribution is 0.322. The van der Waals surface area contributed by atoms with Gasteiger partial charge in [0.2, 0.25) is 0 Å². The normalized spacial score (nSPS) is 11.5. The molecular formula is C10H10N2O. The number of aromatic amines is 1. The van der Waals surface area contributed by atoms with Gasteiger partial charge in [-0.1, -0.05) is 17.3 Å². The molecule has 0 amide bonds. The summed E-state index contributed by atoms with van der Waals surface area (Å²) in [5, 5.41) is 12.6. The van der Waals surface area contributed by atoms with Crippen LogP contribution in [-0.2, 0) is 0 Å². The number of benzene rings is 1. The monoisotopic (exact) mass is 174 g/mol. The first-order chi connectivity index (χ1) is 6.33. The highest BCUT2D eigenvalue weighted by atomic mass is 16.4. The Morgan fingerprint density at radius 2 is 2.31 bits per heavy atom. The van der Waals surface area contributed by atoms with E-state index in [4.69, 9.17) is 5.21 Å². The summed E-state index contributed by atoms with van der Waals surface area (Å²) in [7, 11) is 0. The maximum absolute atomic E-state index is 8.44. The predicted molar refractivity (Wildman–Crippen MR) is 52.4 cm³/mol. The maximum Gasteiger partial charge on any atom is 0.0755 e. The number of nitrogens with one attached hydrogen (secondary N) is 1. The second-order valence-corrected chi connectivity index (χ2v) is 2.99. The van der Waals surface area contributed by atoms with Gasteiger partial charge in [-0.15, -0.1) is 0 Å². The van der Waals surface area contributed by atoms with E-state index in [0.29, 0.717) is 0 Å².